The number of halogens is 1. The Morgan fingerprint density at radius 3 is 2.88 bits per heavy atom. The van der Waals surface area contributed by atoms with Crippen LogP contribution in [0.1, 0.15) is 18.9 Å². The number of carbonyl (C=O) groups excluding carboxylic acids is 1. The molecular formula is C12H15FO3. The zero-order chi connectivity index (χ0) is 12.0. The molecule has 1 aromatic carbocycles. The minimum atomic E-state index is -0.422. The average molecular weight is 226 g/mol. The second-order valence-corrected chi connectivity index (χ2v) is 3.34. The molecule has 0 heterocycles. The molecule has 3 nitrogen and oxygen atoms in total. The minimum absolute atomic E-state index is 0.124. The summed E-state index contributed by atoms with van der Waals surface area (Å²) in [5, 5.41) is 0. The normalized spacial score (nSPS) is 9.94. The van der Waals surface area contributed by atoms with Crippen LogP contribution in [0.25, 0.3) is 0 Å². The molecule has 88 valence electrons. The molecule has 0 saturated carbocycles. The Bertz CT molecular complexity index is 363. The smallest absolute Gasteiger partial charge is 0.309 e. The molecule has 0 aliphatic heterocycles. The Morgan fingerprint density at radius 2 is 2.19 bits per heavy atom. The maximum atomic E-state index is 13.2. The number of aryl methyl sites for hydroxylation is 1. The van der Waals surface area contributed by atoms with Crippen LogP contribution in [0, 0.1) is 12.7 Å². The summed E-state index contributed by atoms with van der Waals surface area (Å²) >= 11 is 0. The molecule has 0 aliphatic carbocycles. The van der Waals surface area contributed by atoms with E-state index in [1.807, 2.05) is 6.92 Å². The quantitative estimate of drug-likeness (QED) is 0.723. The number of ether oxygens (including phenoxy) is 2. The van der Waals surface area contributed by atoms with Crippen molar-refractivity contribution in [1.29, 1.82) is 0 Å². The maximum Gasteiger partial charge on any atom is 0.309 e. The fraction of sp³-hybridized carbons (Fsp3) is 0.417. The van der Waals surface area contributed by atoms with Crippen LogP contribution in [0.4, 0.5) is 4.39 Å². The largest absolute Gasteiger partial charge is 0.490 e. The number of carbonyl (C=O) groups is 1. The predicted octanol–water partition coefficient (Wildman–Crippen LogP) is 2.47. The van der Waals surface area contributed by atoms with E-state index in [0.29, 0.717) is 6.61 Å². The van der Waals surface area contributed by atoms with Crippen LogP contribution < -0.4 is 4.74 Å². The molecule has 16 heavy (non-hydrogen) atoms. The number of benzene rings is 1. The Labute approximate surface area is 94.2 Å². The highest BCUT2D eigenvalue weighted by atomic mass is 19.1. The van der Waals surface area contributed by atoms with Gasteiger partial charge in [-0.15, -0.1) is 0 Å². The van der Waals surface area contributed by atoms with E-state index in [1.165, 1.54) is 6.07 Å². The third kappa shape index (κ3) is 3.88. The van der Waals surface area contributed by atoms with Gasteiger partial charge in [0.15, 0.2) is 11.6 Å². The van der Waals surface area contributed by atoms with E-state index in [1.54, 1.807) is 19.1 Å². The van der Waals surface area contributed by atoms with Gasteiger partial charge < -0.3 is 9.47 Å². The predicted molar refractivity (Wildman–Crippen MR) is 57.9 cm³/mol. The highest BCUT2D eigenvalue weighted by Crippen LogP contribution is 2.18. The van der Waals surface area contributed by atoms with Gasteiger partial charge in [0.2, 0.25) is 0 Å². The maximum absolute atomic E-state index is 13.2. The molecule has 0 unspecified atom stereocenters. The van der Waals surface area contributed by atoms with E-state index in [-0.39, 0.29) is 24.7 Å². The molecule has 0 aliphatic rings. The summed E-state index contributed by atoms with van der Waals surface area (Å²) in [6.45, 7) is 4.05. The molecule has 0 aromatic heterocycles. The first-order valence-electron chi connectivity index (χ1n) is 5.18. The van der Waals surface area contributed by atoms with Crippen LogP contribution in [-0.4, -0.2) is 19.2 Å². The second-order valence-electron chi connectivity index (χ2n) is 3.34. The monoisotopic (exact) mass is 226 g/mol. The van der Waals surface area contributed by atoms with Crippen LogP contribution in [-0.2, 0) is 9.53 Å². The third-order valence-corrected chi connectivity index (χ3v) is 1.96. The van der Waals surface area contributed by atoms with E-state index in [9.17, 15) is 9.18 Å². The SMILES string of the molecule is CCOC(=O)CCOc1cc(C)ccc1F. The van der Waals surface area contributed by atoms with Gasteiger partial charge in [-0.1, -0.05) is 6.07 Å². The van der Waals surface area contributed by atoms with Crippen LogP contribution in [0.2, 0.25) is 0 Å². The van der Waals surface area contributed by atoms with Crippen molar-refractivity contribution in [1.82, 2.24) is 0 Å². The van der Waals surface area contributed by atoms with Crippen molar-refractivity contribution in [2.45, 2.75) is 20.3 Å². The van der Waals surface area contributed by atoms with Crippen molar-refractivity contribution in [3.05, 3.63) is 29.6 Å². The van der Waals surface area contributed by atoms with Gasteiger partial charge in [-0.2, -0.15) is 0 Å². The fourth-order valence-electron chi connectivity index (χ4n) is 1.20. The molecule has 0 amide bonds. The van der Waals surface area contributed by atoms with Gasteiger partial charge in [-0.3, -0.25) is 4.79 Å². The van der Waals surface area contributed by atoms with Gasteiger partial charge >= 0.3 is 5.97 Å². The summed E-state index contributed by atoms with van der Waals surface area (Å²) in [5.74, 6) is -0.589. The molecule has 0 atom stereocenters. The lowest BCUT2D eigenvalue weighted by Gasteiger charge is -2.07. The topological polar surface area (TPSA) is 35.5 Å². The Hall–Kier alpha value is -1.58. The second kappa shape index (κ2) is 6.10. The van der Waals surface area contributed by atoms with E-state index in [4.69, 9.17) is 9.47 Å². The molecule has 4 heteroatoms. The Kier molecular flexibility index (Phi) is 4.76. The highest BCUT2D eigenvalue weighted by Gasteiger charge is 2.05. The number of rotatable bonds is 5. The third-order valence-electron chi connectivity index (χ3n) is 1.96. The number of hydrogen-bond donors (Lipinski definition) is 0. The fourth-order valence-corrected chi connectivity index (χ4v) is 1.20. The standard InChI is InChI=1S/C12H15FO3/c1-3-15-12(14)6-7-16-11-8-9(2)4-5-10(11)13/h4-5,8H,3,6-7H2,1-2H3. The zero-order valence-electron chi connectivity index (χ0n) is 9.46. The summed E-state index contributed by atoms with van der Waals surface area (Å²) < 4.78 is 23.1. The lowest BCUT2D eigenvalue weighted by atomic mass is 10.2. The van der Waals surface area contributed by atoms with Crippen LogP contribution in [0.15, 0.2) is 18.2 Å². The Morgan fingerprint density at radius 1 is 1.44 bits per heavy atom. The molecule has 0 spiro atoms. The summed E-state index contributed by atoms with van der Waals surface area (Å²) in [6, 6.07) is 4.60. The summed E-state index contributed by atoms with van der Waals surface area (Å²) in [5.41, 5.74) is 0.910. The lowest BCUT2D eigenvalue weighted by Crippen LogP contribution is -2.10. The summed E-state index contributed by atoms with van der Waals surface area (Å²) in [7, 11) is 0. The number of hydrogen-bond acceptors (Lipinski definition) is 3. The molecular weight excluding hydrogens is 211 g/mol. The zero-order valence-corrected chi connectivity index (χ0v) is 9.46. The van der Waals surface area contributed by atoms with Gasteiger partial charge in [0.25, 0.3) is 0 Å². The van der Waals surface area contributed by atoms with E-state index >= 15 is 0 Å². The summed E-state index contributed by atoms with van der Waals surface area (Å²) in [6.07, 6.45) is 0.126. The van der Waals surface area contributed by atoms with Crippen LogP contribution in [0.5, 0.6) is 5.75 Å². The molecule has 0 radical (unpaired) electrons. The van der Waals surface area contributed by atoms with Crippen LogP contribution in [0.3, 0.4) is 0 Å². The van der Waals surface area contributed by atoms with E-state index < -0.39 is 5.82 Å². The molecule has 1 rings (SSSR count). The van der Waals surface area contributed by atoms with Crippen molar-refractivity contribution in [3.63, 3.8) is 0 Å². The molecule has 0 fully saturated rings. The first-order chi connectivity index (χ1) is 7.63. The van der Waals surface area contributed by atoms with E-state index in [0.717, 1.165) is 5.56 Å². The highest BCUT2D eigenvalue weighted by molar-refractivity contribution is 5.69. The first-order valence-corrected chi connectivity index (χ1v) is 5.18. The van der Waals surface area contributed by atoms with Crippen molar-refractivity contribution < 1.29 is 18.7 Å². The minimum Gasteiger partial charge on any atom is -0.490 e. The van der Waals surface area contributed by atoms with Crippen molar-refractivity contribution >= 4 is 5.97 Å². The van der Waals surface area contributed by atoms with Gasteiger partial charge in [-0.05, 0) is 31.5 Å². The van der Waals surface area contributed by atoms with Gasteiger partial charge in [0, 0.05) is 0 Å². The van der Waals surface area contributed by atoms with Gasteiger partial charge in [0.05, 0.1) is 19.6 Å². The van der Waals surface area contributed by atoms with Crippen LogP contribution >= 0.6 is 0 Å². The molecule has 0 saturated heterocycles. The summed E-state index contributed by atoms with van der Waals surface area (Å²) in [4.78, 5) is 11.0. The van der Waals surface area contributed by atoms with E-state index in [2.05, 4.69) is 0 Å². The van der Waals surface area contributed by atoms with Crippen molar-refractivity contribution in [3.8, 4) is 5.75 Å². The van der Waals surface area contributed by atoms with Crippen molar-refractivity contribution in [2.75, 3.05) is 13.2 Å². The molecule has 1 aromatic rings. The lowest BCUT2D eigenvalue weighted by molar-refractivity contribution is -0.143. The van der Waals surface area contributed by atoms with Gasteiger partial charge in [0.1, 0.15) is 0 Å². The van der Waals surface area contributed by atoms with Gasteiger partial charge in [-0.25, -0.2) is 4.39 Å². The number of esters is 1. The first kappa shape index (κ1) is 12.5. The molecule has 0 N–H and O–H groups in total. The van der Waals surface area contributed by atoms with Crippen molar-refractivity contribution in [2.24, 2.45) is 0 Å². The average Bonchev–Trinajstić information content (AvgIpc) is 2.23. The Balaban J connectivity index is 2.42. The molecule has 0 bridgehead atoms.